The van der Waals surface area contributed by atoms with Crippen molar-refractivity contribution in [2.45, 2.75) is 26.3 Å². The average molecular weight is 235 g/mol. The van der Waals surface area contributed by atoms with Gasteiger partial charge in [-0.25, -0.2) is 4.98 Å². The lowest BCUT2D eigenvalue weighted by atomic mass is 10.2. The summed E-state index contributed by atoms with van der Waals surface area (Å²) in [6.45, 7) is 4.10. The van der Waals surface area contributed by atoms with Gasteiger partial charge in [0, 0.05) is 18.8 Å². The standard InChI is InChI=1S/C12H14FN3O/c1-9(2)16(7-3-6-14)12(17)10-4-5-11(13)15-8-10/h4-5,8-9H,3,7H2,1-2H3. The maximum Gasteiger partial charge on any atom is 0.255 e. The predicted molar refractivity (Wildman–Crippen MR) is 60.6 cm³/mol. The molecule has 1 amide bonds. The summed E-state index contributed by atoms with van der Waals surface area (Å²) in [5.74, 6) is -0.850. The second-order valence-electron chi connectivity index (χ2n) is 3.87. The number of carbonyl (C=O) groups is 1. The fraction of sp³-hybridized carbons (Fsp3) is 0.417. The Morgan fingerprint density at radius 3 is 2.76 bits per heavy atom. The minimum atomic E-state index is -0.616. The summed E-state index contributed by atoms with van der Waals surface area (Å²) in [6.07, 6.45) is 1.48. The molecule has 0 atom stereocenters. The predicted octanol–water partition coefficient (Wildman–Crippen LogP) is 1.98. The number of carbonyl (C=O) groups excluding carboxylic acids is 1. The quantitative estimate of drug-likeness (QED) is 0.750. The van der Waals surface area contributed by atoms with Crippen LogP contribution in [0.5, 0.6) is 0 Å². The van der Waals surface area contributed by atoms with Crippen molar-refractivity contribution in [3.8, 4) is 6.07 Å². The molecule has 5 heteroatoms. The molecule has 1 rings (SSSR count). The van der Waals surface area contributed by atoms with E-state index in [0.29, 0.717) is 12.1 Å². The molecule has 0 bridgehead atoms. The molecule has 0 radical (unpaired) electrons. The van der Waals surface area contributed by atoms with Crippen LogP contribution in [0.25, 0.3) is 0 Å². The SMILES string of the molecule is CC(C)N(CCC#N)C(=O)c1ccc(F)nc1. The molecular formula is C12H14FN3O. The van der Waals surface area contributed by atoms with Crippen LogP contribution in [0, 0.1) is 17.3 Å². The van der Waals surface area contributed by atoms with Crippen molar-refractivity contribution < 1.29 is 9.18 Å². The Kier molecular flexibility index (Phi) is 4.58. The van der Waals surface area contributed by atoms with Gasteiger partial charge in [-0.2, -0.15) is 9.65 Å². The number of hydrogen-bond donors (Lipinski definition) is 0. The molecule has 0 unspecified atom stereocenters. The molecule has 90 valence electrons. The van der Waals surface area contributed by atoms with E-state index in [4.69, 9.17) is 5.26 Å². The molecule has 1 heterocycles. The van der Waals surface area contributed by atoms with Crippen LogP contribution < -0.4 is 0 Å². The Morgan fingerprint density at radius 1 is 1.59 bits per heavy atom. The van der Waals surface area contributed by atoms with E-state index in [-0.39, 0.29) is 18.4 Å². The summed E-state index contributed by atoms with van der Waals surface area (Å²) in [5.41, 5.74) is 0.332. The van der Waals surface area contributed by atoms with Crippen molar-refractivity contribution >= 4 is 5.91 Å². The van der Waals surface area contributed by atoms with Crippen LogP contribution in [0.15, 0.2) is 18.3 Å². The molecule has 0 aliphatic rings. The minimum Gasteiger partial charge on any atom is -0.335 e. The van der Waals surface area contributed by atoms with Gasteiger partial charge in [-0.15, -0.1) is 0 Å². The van der Waals surface area contributed by atoms with Crippen molar-refractivity contribution in [2.24, 2.45) is 0 Å². The molecule has 17 heavy (non-hydrogen) atoms. The number of pyridine rings is 1. The molecule has 0 saturated heterocycles. The van der Waals surface area contributed by atoms with Crippen molar-refractivity contribution in [3.63, 3.8) is 0 Å². The van der Waals surface area contributed by atoms with E-state index in [9.17, 15) is 9.18 Å². The molecule has 4 nitrogen and oxygen atoms in total. The molecule has 1 aromatic heterocycles. The maximum absolute atomic E-state index is 12.6. The van der Waals surface area contributed by atoms with Crippen LogP contribution in [-0.4, -0.2) is 28.4 Å². The lowest BCUT2D eigenvalue weighted by molar-refractivity contribution is 0.0709. The van der Waals surface area contributed by atoms with E-state index in [1.165, 1.54) is 12.3 Å². The van der Waals surface area contributed by atoms with E-state index < -0.39 is 5.95 Å². The highest BCUT2D eigenvalue weighted by atomic mass is 19.1. The van der Waals surface area contributed by atoms with Crippen molar-refractivity contribution in [2.75, 3.05) is 6.54 Å². The van der Waals surface area contributed by atoms with Crippen LogP contribution in [0.2, 0.25) is 0 Å². The number of rotatable bonds is 4. The number of aromatic nitrogens is 1. The van der Waals surface area contributed by atoms with E-state index in [2.05, 4.69) is 4.98 Å². The van der Waals surface area contributed by atoms with Crippen LogP contribution >= 0.6 is 0 Å². The summed E-state index contributed by atoms with van der Waals surface area (Å²) in [4.78, 5) is 17.1. The molecule has 0 aromatic carbocycles. The maximum atomic E-state index is 12.6. The van der Waals surface area contributed by atoms with Gasteiger partial charge in [-0.05, 0) is 26.0 Å². The molecular weight excluding hydrogens is 221 g/mol. The zero-order valence-corrected chi connectivity index (χ0v) is 9.85. The molecule has 0 N–H and O–H groups in total. The number of amides is 1. The highest BCUT2D eigenvalue weighted by molar-refractivity contribution is 5.94. The number of halogens is 1. The Labute approximate surface area is 99.7 Å². The normalized spacial score (nSPS) is 10.1. The Hall–Kier alpha value is -1.96. The van der Waals surface area contributed by atoms with E-state index >= 15 is 0 Å². The van der Waals surface area contributed by atoms with Crippen molar-refractivity contribution in [1.82, 2.24) is 9.88 Å². The van der Waals surface area contributed by atoms with Gasteiger partial charge in [0.2, 0.25) is 5.95 Å². The molecule has 0 aliphatic heterocycles. The Morgan fingerprint density at radius 2 is 2.29 bits per heavy atom. The van der Waals surface area contributed by atoms with E-state index in [1.54, 1.807) is 4.90 Å². The van der Waals surface area contributed by atoms with Gasteiger partial charge < -0.3 is 4.90 Å². The summed E-state index contributed by atoms with van der Waals surface area (Å²) in [5, 5.41) is 8.54. The van der Waals surface area contributed by atoms with Crippen molar-refractivity contribution in [1.29, 1.82) is 5.26 Å². The first kappa shape index (κ1) is 13.1. The number of nitriles is 1. The van der Waals surface area contributed by atoms with Crippen molar-refractivity contribution in [3.05, 3.63) is 29.8 Å². The van der Waals surface area contributed by atoms with Crippen LogP contribution in [-0.2, 0) is 0 Å². The summed E-state index contributed by atoms with van der Waals surface area (Å²) in [6, 6.07) is 4.53. The zero-order chi connectivity index (χ0) is 12.8. The van der Waals surface area contributed by atoms with Gasteiger partial charge in [-0.1, -0.05) is 0 Å². The van der Waals surface area contributed by atoms with Crippen LogP contribution in [0.4, 0.5) is 4.39 Å². The van der Waals surface area contributed by atoms with Gasteiger partial charge >= 0.3 is 0 Å². The summed E-state index contributed by atoms with van der Waals surface area (Å²) in [7, 11) is 0. The van der Waals surface area contributed by atoms with Gasteiger partial charge in [0.25, 0.3) is 5.91 Å². The van der Waals surface area contributed by atoms with E-state index in [1.807, 2.05) is 19.9 Å². The topological polar surface area (TPSA) is 57.0 Å². The third kappa shape index (κ3) is 3.52. The first-order valence-electron chi connectivity index (χ1n) is 5.35. The first-order valence-corrected chi connectivity index (χ1v) is 5.35. The number of nitrogens with zero attached hydrogens (tertiary/aromatic N) is 3. The van der Waals surface area contributed by atoms with Gasteiger partial charge in [0.1, 0.15) is 0 Å². The lowest BCUT2D eigenvalue weighted by Crippen LogP contribution is -2.37. The molecule has 0 aliphatic carbocycles. The van der Waals surface area contributed by atoms with Crippen LogP contribution in [0.1, 0.15) is 30.6 Å². The minimum absolute atomic E-state index is 0.0131. The second-order valence-corrected chi connectivity index (χ2v) is 3.87. The molecule has 0 fully saturated rings. The highest BCUT2D eigenvalue weighted by Gasteiger charge is 2.18. The summed E-state index contributed by atoms with van der Waals surface area (Å²) < 4.78 is 12.6. The number of hydrogen-bond acceptors (Lipinski definition) is 3. The largest absolute Gasteiger partial charge is 0.335 e. The lowest BCUT2D eigenvalue weighted by Gasteiger charge is -2.25. The smallest absolute Gasteiger partial charge is 0.255 e. The van der Waals surface area contributed by atoms with E-state index in [0.717, 1.165) is 6.07 Å². The fourth-order valence-electron chi connectivity index (χ4n) is 1.43. The second kappa shape index (κ2) is 5.94. The molecule has 0 saturated carbocycles. The zero-order valence-electron chi connectivity index (χ0n) is 9.85. The molecule has 0 spiro atoms. The average Bonchev–Trinajstić information content (AvgIpc) is 2.29. The first-order chi connectivity index (χ1) is 8.06. The monoisotopic (exact) mass is 235 g/mol. The fourth-order valence-corrected chi connectivity index (χ4v) is 1.43. The Bertz CT molecular complexity index is 422. The highest BCUT2D eigenvalue weighted by Crippen LogP contribution is 2.08. The third-order valence-corrected chi connectivity index (χ3v) is 2.32. The summed E-state index contributed by atoms with van der Waals surface area (Å²) >= 11 is 0. The Balaban J connectivity index is 2.84. The van der Waals surface area contributed by atoms with Gasteiger partial charge in [0.05, 0.1) is 18.1 Å². The van der Waals surface area contributed by atoms with Gasteiger partial charge in [0.15, 0.2) is 0 Å². The third-order valence-electron chi connectivity index (χ3n) is 2.32. The van der Waals surface area contributed by atoms with Gasteiger partial charge in [-0.3, -0.25) is 4.79 Å². The van der Waals surface area contributed by atoms with Crippen LogP contribution in [0.3, 0.4) is 0 Å². The molecule has 1 aromatic rings.